The molecule has 1 saturated heterocycles. The second kappa shape index (κ2) is 11.7. The summed E-state index contributed by atoms with van der Waals surface area (Å²) in [6.45, 7) is 0.528. The first-order chi connectivity index (χ1) is 16.5. The molecule has 1 N–H and O–H groups in total. The number of amides is 2. The molecule has 1 atom stereocenters. The molecule has 0 aliphatic carbocycles. The quantitative estimate of drug-likeness (QED) is 0.352. The van der Waals surface area contributed by atoms with E-state index in [1.807, 2.05) is 54.6 Å². The normalized spacial score (nSPS) is 17.1. The van der Waals surface area contributed by atoms with Crippen molar-refractivity contribution >= 4 is 67.6 Å². The maximum absolute atomic E-state index is 13.1. The number of aliphatic imine (C=N–C) groups is 1. The highest BCUT2D eigenvalue weighted by Crippen LogP contribution is 2.31. The molecule has 1 heterocycles. The molecule has 1 fully saturated rings. The van der Waals surface area contributed by atoms with Crippen molar-refractivity contribution in [2.75, 3.05) is 11.9 Å². The van der Waals surface area contributed by atoms with Gasteiger partial charge < -0.3 is 5.32 Å². The van der Waals surface area contributed by atoms with E-state index >= 15 is 0 Å². The fourth-order valence-corrected chi connectivity index (χ4v) is 5.30. The van der Waals surface area contributed by atoms with Gasteiger partial charge in [0.25, 0.3) is 0 Å². The summed E-state index contributed by atoms with van der Waals surface area (Å²) >= 11 is 10.9. The molecule has 174 valence electrons. The largest absolute Gasteiger partial charge is 0.325 e. The molecule has 1 unspecified atom stereocenters. The third-order valence-corrected chi connectivity index (χ3v) is 7.16. The van der Waals surface area contributed by atoms with E-state index in [1.54, 1.807) is 17.0 Å². The van der Waals surface area contributed by atoms with Crippen molar-refractivity contribution in [3.8, 4) is 0 Å². The molecule has 0 radical (unpaired) electrons. The number of hydrogen-bond donors (Lipinski definition) is 1. The monoisotopic (exact) mass is 555 g/mol. The summed E-state index contributed by atoms with van der Waals surface area (Å²) < 4.78 is 0.866. The number of halogens is 2. The molecular formula is C26H23BrClN3O2S. The van der Waals surface area contributed by atoms with Crippen molar-refractivity contribution in [3.05, 3.63) is 93.9 Å². The Morgan fingerprint density at radius 1 is 1.09 bits per heavy atom. The number of aryl methyl sites for hydroxylation is 1. The molecule has 8 heteroatoms. The Hall–Kier alpha value is -2.61. The topological polar surface area (TPSA) is 61.8 Å². The van der Waals surface area contributed by atoms with Gasteiger partial charge in [-0.25, -0.2) is 4.99 Å². The summed E-state index contributed by atoms with van der Waals surface area (Å²) in [5, 5.41) is 3.41. The smallest absolute Gasteiger partial charge is 0.238 e. The van der Waals surface area contributed by atoms with E-state index in [1.165, 1.54) is 17.3 Å². The highest BCUT2D eigenvalue weighted by molar-refractivity contribution is 9.10. The zero-order chi connectivity index (χ0) is 23.9. The average Bonchev–Trinajstić information content (AvgIpc) is 2.81. The van der Waals surface area contributed by atoms with Crippen LogP contribution >= 0.6 is 39.3 Å². The van der Waals surface area contributed by atoms with Crippen LogP contribution in [0.4, 0.5) is 11.4 Å². The van der Waals surface area contributed by atoms with Gasteiger partial charge in [-0.2, -0.15) is 0 Å². The van der Waals surface area contributed by atoms with Crippen LogP contribution in [0.1, 0.15) is 18.4 Å². The molecule has 0 aromatic heterocycles. The predicted octanol–water partition coefficient (Wildman–Crippen LogP) is 6.70. The van der Waals surface area contributed by atoms with Gasteiger partial charge in [-0.05, 0) is 54.8 Å². The molecule has 2 amide bonds. The SMILES string of the molecule is O=C(Nc1cccc(Br)c1)C1CC(=O)N(CCCc2ccccc2)C(=Nc2cccc(Cl)c2)S1. The summed E-state index contributed by atoms with van der Waals surface area (Å²) in [5.41, 5.74) is 2.54. The van der Waals surface area contributed by atoms with Crippen LogP contribution in [0.5, 0.6) is 0 Å². The average molecular weight is 557 g/mol. The molecule has 0 spiro atoms. The third kappa shape index (κ3) is 6.72. The zero-order valence-electron chi connectivity index (χ0n) is 18.3. The van der Waals surface area contributed by atoms with Crippen molar-refractivity contribution in [1.82, 2.24) is 4.90 Å². The summed E-state index contributed by atoms with van der Waals surface area (Å²) in [6, 6.07) is 24.7. The van der Waals surface area contributed by atoms with Gasteiger partial charge in [0.15, 0.2) is 5.17 Å². The molecule has 1 aliphatic rings. The Morgan fingerprint density at radius 3 is 2.65 bits per heavy atom. The first-order valence-electron chi connectivity index (χ1n) is 10.9. The number of amidine groups is 1. The lowest BCUT2D eigenvalue weighted by molar-refractivity contribution is -0.129. The first kappa shape index (κ1) is 24.5. The number of benzene rings is 3. The standard InChI is InChI=1S/C26H23BrClN3O2S/c27-19-10-4-12-21(15-19)29-25(33)23-17-24(32)31(14-6-9-18-7-2-1-3-8-18)26(34-23)30-22-13-5-11-20(28)16-22/h1-5,7-8,10-13,15-16,23H,6,9,14,17H2,(H,29,33). The van der Waals surface area contributed by atoms with Crippen LogP contribution in [0.25, 0.3) is 0 Å². The number of nitrogens with zero attached hydrogens (tertiary/aromatic N) is 2. The van der Waals surface area contributed by atoms with Gasteiger partial charge in [0, 0.05) is 28.1 Å². The third-order valence-electron chi connectivity index (χ3n) is 5.25. The maximum Gasteiger partial charge on any atom is 0.238 e. The summed E-state index contributed by atoms with van der Waals surface area (Å²) in [7, 11) is 0. The minimum Gasteiger partial charge on any atom is -0.325 e. The highest BCUT2D eigenvalue weighted by atomic mass is 79.9. The van der Waals surface area contributed by atoms with Gasteiger partial charge in [0.1, 0.15) is 5.25 Å². The van der Waals surface area contributed by atoms with Crippen LogP contribution in [0.15, 0.2) is 88.3 Å². The lowest BCUT2D eigenvalue weighted by Gasteiger charge is -2.32. The van der Waals surface area contributed by atoms with E-state index in [4.69, 9.17) is 16.6 Å². The number of rotatable bonds is 7. The van der Waals surface area contributed by atoms with Gasteiger partial charge in [-0.15, -0.1) is 0 Å². The number of hydrogen-bond acceptors (Lipinski definition) is 4. The Morgan fingerprint density at radius 2 is 1.88 bits per heavy atom. The van der Waals surface area contributed by atoms with Gasteiger partial charge >= 0.3 is 0 Å². The second-order valence-electron chi connectivity index (χ2n) is 7.82. The molecular weight excluding hydrogens is 534 g/mol. The first-order valence-corrected chi connectivity index (χ1v) is 12.9. The van der Waals surface area contributed by atoms with E-state index in [2.05, 4.69) is 33.4 Å². The Balaban J connectivity index is 1.51. The molecule has 0 saturated carbocycles. The van der Waals surface area contributed by atoms with Crippen molar-refractivity contribution in [3.63, 3.8) is 0 Å². The number of thioether (sulfide) groups is 1. The van der Waals surface area contributed by atoms with E-state index in [9.17, 15) is 9.59 Å². The Bertz CT molecular complexity index is 1210. The Labute approximate surface area is 216 Å². The highest BCUT2D eigenvalue weighted by Gasteiger charge is 2.35. The van der Waals surface area contributed by atoms with Gasteiger partial charge in [-0.3, -0.25) is 14.5 Å². The van der Waals surface area contributed by atoms with E-state index < -0.39 is 5.25 Å². The zero-order valence-corrected chi connectivity index (χ0v) is 21.4. The fourth-order valence-electron chi connectivity index (χ4n) is 3.59. The molecule has 34 heavy (non-hydrogen) atoms. The van der Waals surface area contributed by atoms with E-state index in [0.717, 1.165) is 17.3 Å². The molecule has 1 aliphatic heterocycles. The lowest BCUT2D eigenvalue weighted by Crippen LogP contribution is -2.45. The van der Waals surface area contributed by atoms with Crippen molar-refractivity contribution in [2.45, 2.75) is 24.5 Å². The lowest BCUT2D eigenvalue weighted by atomic mass is 10.1. The molecule has 4 rings (SSSR count). The van der Waals surface area contributed by atoms with Crippen molar-refractivity contribution in [2.24, 2.45) is 4.99 Å². The number of carbonyl (C=O) groups is 2. The minimum atomic E-state index is -0.574. The van der Waals surface area contributed by atoms with Crippen LogP contribution < -0.4 is 5.32 Å². The van der Waals surface area contributed by atoms with Crippen molar-refractivity contribution < 1.29 is 9.59 Å². The summed E-state index contributed by atoms with van der Waals surface area (Å²) in [6.07, 6.45) is 1.76. The summed E-state index contributed by atoms with van der Waals surface area (Å²) in [5.74, 6) is -0.332. The van der Waals surface area contributed by atoms with Crippen LogP contribution in [0.3, 0.4) is 0 Å². The molecule has 3 aromatic carbocycles. The Kier molecular flexibility index (Phi) is 8.43. The van der Waals surface area contributed by atoms with E-state index in [-0.39, 0.29) is 18.2 Å². The molecule has 5 nitrogen and oxygen atoms in total. The molecule has 0 bridgehead atoms. The molecule has 3 aromatic rings. The van der Waals surface area contributed by atoms with Gasteiger partial charge in [0.2, 0.25) is 11.8 Å². The van der Waals surface area contributed by atoms with Crippen LogP contribution in [0, 0.1) is 0 Å². The predicted molar refractivity (Wildman–Crippen MR) is 144 cm³/mol. The van der Waals surface area contributed by atoms with Gasteiger partial charge in [0.05, 0.1) is 5.69 Å². The van der Waals surface area contributed by atoms with Crippen LogP contribution in [-0.4, -0.2) is 33.7 Å². The maximum atomic E-state index is 13.1. The number of nitrogens with one attached hydrogen (secondary N) is 1. The van der Waals surface area contributed by atoms with Crippen LogP contribution in [-0.2, 0) is 16.0 Å². The van der Waals surface area contributed by atoms with Crippen molar-refractivity contribution in [1.29, 1.82) is 0 Å². The summed E-state index contributed by atoms with van der Waals surface area (Å²) in [4.78, 5) is 32.5. The van der Waals surface area contributed by atoms with E-state index in [0.29, 0.717) is 28.1 Å². The van der Waals surface area contributed by atoms with Gasteiger partial charge in [-0.1, -0.05) is 81.8 Å². The minimum absolute atomic E-state index is 0.109. The fraction of sp³-hybridized carbons (Fsp3) is 0.192. The second-order valence-corrected chi connectivity index (χ2v) is 10.3. The number of anilines is 1. The van der Waals surface area contributed by atoms with Crippen LogP contribution in [0.2, 0.25) is 5.02 Å². The number of carbonyl (C=O) groups excluding carboxylic acids is 2.